The van der Waals surface area contributed by atoms with Gasteiger partial charge in [0.1, 0.15) is 0 Å². The number of hydrogen-bond donors (Lipinski definition) is 1. The molecule has 0 spiro atoms. The van der Waals surface area contributed by atoms with E-state index < -0.39 is 10.0 Å². The molecule has 0 saturated carbocycles. The molecule has 0 bridgehead atoms. The SMILES string of the molecule is CN(CCN1CCCC1)S(=O)(=O)c1ccc(N)c(Cl)c1. The number of halogens is 1. The Hall–Kier alpha value is -0.820. The Morgan fingerprint density at radius 2 is 2.00 bits per heavy atom. The Morgan fingerprint density at radius 3 is 2.60 bits per heavy atom. The van der Waals surface area contributed by atoms with Crippen LogP contribution in [0.2, 0.25) is 5.02 Å². The molecule has 0 unspecified atom stereocenters. The minimum Gasteiger partial charge on any atom is -0.398 e. The lowest BCUT2D eigenvalue weighted by atomic mass is 10.3. The molecule has 2 N–H and O–H groups in total. The fraction of sp³-hybridized carbons (Fsp3) is 0.538. The zero-order chi connectivity index (χ0) is 14.8. The number of nitrogen functional groups attached to an aromatic ring is 1. The molecule has 2 rings (SSSR count). The predicted molar refractivity (Wildman–Crippen MR) is 81.4 cm³/mol. The minimum absolute atomic E-state index is 0.181. The number of rotatable bonds is 5. The first-order valence-electron chi connectivity index (χ1n) is 6.65. The van der Waals surface area contributed by atoms with E-state index in [4.69, 9.17) is 17.3 Å². The third-order valence-electron chi connectivity index (χ3n) is 3.61. The molecule has 0 aliphatic carbocycles. The maximum atomic E-state index is 12.4. The lowest BCUT2D eigenvalue weighted by Gasteiger charge is -2.21. The number of hydrogen-bond acceptors (Lipinski definition) is 4. The van der Waals surface area contributed by atoms with Crippen LogP contribution in [-0.2, 0) is 10.0 Å². The fourth-order valence-corrected chi connectivity index (χ4v) is 3.69. The van der Waals surface area contributed by atoms with Crippen molar-refractivity contribution in [2.24, 2.45) is 0 Å². The van der Waals surface area contributed by atoms with Crippen LogP contribution < -0.4 is 5.73 Å². The minimum atomic E-state index is -3.50. The molecule has 112 valence electrons. The lowest BCUT2D eigenvalue weighted by molar-refractivity contribution is 0.310. The topological polar surface area (TPSA) is 66.6 Å². The standard InChI is InChI=1S/C13H20ClN3O2S/c1-16(8-9-17-6-2-3-7-17)20(18,19)11-4-5-13(15)12(14)10-11/h4-5,10H,2-3,6-9,15H2,1H3. The van der Waals surface area contributed by atoms with Crippen molar-refractivity contribution in [2.75, 3.05) is 39.0 Å². The maximum Gasteiger partial charge on any atom is 0.242 e. The van der Waals surface area contributed by atoms with E-state index in [0.29, 0.717) is 12.2 Å². The smallest absolute Gasteiger partial charge is 0.242 e. The molecule has 0 radical (unpaired) electrons. The van der Waals surface area contributed by atoms with Gasteiger partial charge in [0.25, 0.3) is 0 Å². The number of likely N-dealkylation sites (N-methyl/N-ethyl adjacent to an activating group) is 1. The van der Waals surface area contributed by atoms with Crippen LogP contribution in [0.15, 0.2) is 23.1 Å². The molecule has 1 aliphatic heterocycles. The largest absolute Gasteiger partial charge is 0.398 e. The summed E-state index contributed by atoms with van der Waals surface area (Å²) in [5.74, 6) is 0. The molecule has 0 atom stereocenters. The summed E-state index contributed by atoms with van der Waals surface area (Å²) >= 11 is 5.89. The molecule has 1 aromatic carbocycles. The second kappa shape index (κ2) is 6.30. The summed E-state index contributed by atoms with van der Waals surface area (Å²) in [5.41, 5.74) is 5.98. The summed E-state index contributed by atoms with van der Waals surface area (Å²) in [6, 6.07) is 4.41. The first kappa shape index (κ1) is 15.6. The van der Waals surface area contributed by atoms with E-state index in [1.807, 2.05) is 0 Å². The Bertz CT molecular complexity index is 571. The Labute approximate surface area is 125 Å². The highest BCUT2D eigenvalue weighted by Crippen LogP contribution is 2.24. The highest BCUT2D eigenvalue weighted by Gasteiger charge is 2.22. The van der Waals surface area contributed by atoms with E-state index >= 15 is 0 Å². The van der Waals surface area contributed by atoms with Crippen LogP contribution in [0.4, 0.5) is 5.69 Å². The molecular weight excluding hydrogens is 298 g/mol. The van der Waals surface area contributed by atoms with Gasteiger partial charge in [0.05, 0.1) is 15.6 Å². The van der Waals surface area contributed by atoms with Crippen LogP contribution in [0, 0.1) is 0 Å². The van der Waals surface area contributed by atoms with Gasteiger partial charge in [0.15, 0.2) is 0 Å². The number of benzene rings is 1. The zero-order valence-electron chi connectivity index (χ0n) is 11.5. The quantitative estimate of drug-likeness (QED) is 0.838. The monoisotopic (exact) mass is 317 g/mol. The summed E-state index contributed by atoms with van der Waals surface area (Å²) in [6.45, 7) is 3.35. The van der Waals surface area contributed by atoms with Gasteiger partial charge in [-0.25, -0.2) is 8.42 Å². The molecule has 5 nitrogen and oxygen atoms in total. The summed E-state index contributed by atoms with van der Waals surface area (Å²) in [5, 5.41) is 0.263. The van der Waals surface area contributed by atoms with Crippen molar-refractivity contribution in [3.63, 3.8) is 0 Å². The molecule has 1 aromatic rings. The van der Waals surface area contributed by atoms with Gasteiger partial charge in [-0.05, 0) is 44.1 Å². The van der Waals surface area contributed by atoms with Gasteiger partial charge in [0.2, 0.25) is 10.0 Å². The Kier molecular flexibility index (Phi) is 4.90. The third-order valence-corrected chi connectivity index (χ3v) is 5.79. The molecular formula is C13H20ClN3O2S. The van der Waals surface area contributed by atoms with Crippen molar-refractivity contribution in [2.45, 2.75) is 17.7 Å². The molecule has 1 aliphatic rings. The van der Waals surface area contributed by atoms with Gasteiger partial charge >= 0.3 is 0 Å². The second-order valence-corrected chi connectivity index (χ2v) is 7.51. The lowest BCUT2D eigenvalue weighted by Crippen LogP contribution is -2.35. The number of sulfonamides is 1. The summed E-state index contributed by atoms with van der Waals surface area (Å²) < 4.78 is 26.2. The molecule has 1 heterocycles. The second-order valence-electron chi connectivity index (χ2n) is 5.06. The van der Waals surface area contributed by atoms with Crippen LogP contribution in [0.25, 0.3) is 0 Å². The van der Waals surface area contributed by atoms with Crippen molar-refractivity contribution >= 4 is 27.3 Å². The van der Waals surface area contributed by atoms with E-state index in [-0.39, 0.29) is 9.92 Å². The average molecular weight is 318 g/mol. The molecule has 7 heteroatoms. The predicted octanol–water partition coefficient (Wildman–Crippen LogP) is 1.64. The van der Waals surface area contributed by atoms with E-state index in [2.05, 4.69) is 4.90 Å². The van der Waals surface area contributed by atoms with Crippen LogP contribution in [0.3, 0.4) is 0 Å². The molecule has 0 amide bonds. The number of nitrogens with two attached hydrogens (primary N) is 1. The fourth-order valence-electron chi connectivity index (χ4n) is 2.26. The van der Waals surface area contributed by atoms with Crippen LogP contribution in [0.5, 0.6) is 0 Å². The molecule has 20 heavy (non-hydrogen) atoms. The number of nitrogens with zero attached hydrogens (tertiary/aromatic N) is 2. The van der Waals surface area contributed by atoms with Crippen molar-refractivity contribution < 1.29 is 8.42 Å². The Morgan fingerprint density at radius 1 is 1.35 bits per heavy atom. The zero-order valence-corrected chi connectivity index (χ0v) is 13.1. The van der Waals surface area contributed by atoms with Crippen LogP contribution in [-0.4, -0.2) is 50.8 Å². The number of anilines is 1. The average Bonchev–Trinajstić information content (AvgIpc) is 2.92. The first-order chi connectivity index (χ1) is 9.41. The highest BCUT2D eigenvalue weighted by molar-refractivity contribution is 7.89. The van der Waals surface area contributed by atoms with Crippen LogP contribution in [0.1, 0.15) is 12.8 Å². The van der Waals surface area contributed by atoms with E-state index in [0.717, 1.165) is 19.6 Å². The van der Waals surface area contributed by atoms with Crippen LogP contribution >= 0.6 is 11.6 Å². The van der Waals surface area contributed by atoms with Crippen molar-refractivity contribution in [1.29, 1.82) is 0 Å². The molecule has 1 saturated heterocycles. The van der Waals surface area contributed by atoms with E-state index in [1.54, 1.807) is 7.05 Å². The number of likely N-dealkylation sites (tertiary alicyclic amines) is 1. The normalized spacial score (nSPS) is 16.9. The van der Waals surface area contributed by atoms with E-state index in [1.165, 1.54) is 35.3 Å². The van der Waals surface area contributed by atoms with Gasteiger partial charge in [0, 0.05) is 20.1 Å². The van der Waals surface area contributed by atoms with Gasteiger partial charge in [-0.15, -0.1) is 0 Å². The third kappa shape index (κ3) is 3.44. The van der Waals surface area contributed by atoms with Gasteiger partial charge < -0.3 is 10.6 Å². The summed E-state index contributed by atoms with van der Waals surface area (Å²) in [7, 11) is -1.91. The highest BCUT2D eigenvalue weighted by atomic mass is 35.5. The summed E-state index contributed by atoms with van der Waals surface area (Å²) in [4.78, 5) is 2.46. The van der Waals surface area contributed by atoms with Crippen molar-refractivity contribution in [3.05, 3.63) is 23.2 Å². The van der Waals surface area contributed by atoms with Gasteiger partial charge in [-0.2, -0.15) is 4.31 Å². The molecule has 1 fully saturated rings. The first-order valence-corrected chi connectivity index (χ1v) is 8.47. The molecule has 0 aromatic heterocycles. The maximum absolute atomic E-state index is 12.4. The van der Waals surface area contributed by atoms with E-state index in [9.17, 15) is 8.42 Å². The Balaban J connectivity index is 2.06. The van der Waals surface area contributed by atoms with Gasteiger partial charge in [-0.3, -0.25) is 0 Å². The van der Waals surface area contributed by atoms with Crippen molar-refractivity contribution in [1.82, 2.24) is 9.21 Å². The van der Waals surface area contributed by atoms with Gasteiger partial charge in [-0.1, -0.05) is 11.6 Å². The van der Waals surface area contributed by atoms with Crippen molar-refractivity contribution in [3.8, 4) is 0 Å². The summed E-state index contributed by atoms with van der Waals surface area (Å²) in [6.07, 6.45) is 2.40.